The molecule has 1 spiro atoms. The Hall–Kier alpha value is -2.42. The summed E-state index contributed by atoms with van der Waals surface area (Å²) in [6.07, 6.45) is 5.92. The van der Waals surface area contributed by atoms with Crippen LogP contribution < -0.4 is 15.4 Å². The van der Waals surface area contributed by atoms with Gasteiger partial charge in [0.15, 0.2) is 0 Å². The van der Waals surface area contributed by atoms with Crippen molar-refractivity contribution >= 4 is 35.8 Å². The minimum absolute atomic E-state index is 0.00868. The normalized spacial score (nSPS) is 18.5. The van der Waals surface area contributed by atoms with Crippen LogP contribution in [-0.2, 0) is 9.59 Å². The number of rotatable bonds is 8. The van der Waals surface area contributed by atoms with Gasteiger partial charge in [-0.25, -0.2) is 4.79 Å². The monoisotopic (exact) mass is 448 g/mol. The summed E-state index contributed by atoms with van der Waals surface area (Å²) in [6, 6.07) is 6.78. The van der Waals surface area contributed by atoms with Gasteiger partial charge >= 0.3 is 6.03 Å². The van der Waals surface area contributed by atoms with E-state index in [1.54, 1.807) is 18.9 Å². The number of urea groups is 1. The average Bonchev–Trinajstić information content (AvgIpc) is 3.20. The minimum Gasteiger partial charge on any atom is -0.495 e. The lowest BCUT2D eigenvalue weighted by atomic mass is 9.78. The van der Waals surface area contributed by atoms with E-state index < -0.39 is 6.04 Å². The van der Waals surface area contributed by atoms with Crippen LogP contribution in [0.15, 0.2) is 24.3 Å². The Kier molecular flexibility index (Phi) is 8.06. The van der Waals surface area contributed by atoms with Crippen molar-refractivity contribution in [2.45, 2.75) is 31.7 Å². The molecule has 1 unspecified atom stereocenters. The summed E-state index contributed by atoms with van der Waals surface area (Å²) in [4.78, 5) is 40.3. The number of ether oxygens (including phenoxy) is 1. The number of piperidine rings is 1. The zero-order chi connectivity index (χ0) is 22.3. The Morgan fingerprint density at radius 1 is 1.19 bits per heavy atom. The second kappa shape index (κ2) is 10.7. The largest absolute Gasteiger partial charge is 0.495 e. The van der Waals surface area contributed by atoms with E-state index in [9.17, 15) is 14.4 Å². The molecule has 0 bridgehead atoms. The number of thioether (sulfide) groups is 1. The van der Waals surface area contributed by atoms with Crippen LogP contribution in [0.4, 0.5) is 10.5 Å². The van der Waals surface area contributed by atoms with Gasteiger partial charge in [0.25, 0.3) is 0 Å². The fourth-order valence-corrected chi connectivity index (χ4v) is 4.95. The van der Waals surface area contributed by atoms with Crippen molar-refractivity contribution < 1.29 is 19.1 Å². The van der Waals surface area contributed by atoms with E-state index in [1.807, 2.05) is 40.3 Å². The van der Waals surface area contributed by atoms with Crippen molar-refractivity contribution in [2.24, 2.45) is 5.41 Å². The molecule has 2 fully saturated rings. The maximum atomic E-state index is 12.9. The van der Waals surface area contributed by atoms with Crippen molar-refractivity contribution in [3.63, 3.8) is 0 Å². The number of para-hydroxylation sites is 2. The summed E-state index contributed by atoms with van der Waals surface area (Å²) in [6.45, 7) is 2.73. The zero-order valence-corrected chi connectivity index (χ0v) is 19.1. The van der Waals surface area contributed by atoms with E-state index in [1.165, 1.54) is 0 Å². The predicted octanol–water partition coefficient (Wildman–Crippen LogP) is 2.41. The second-order valence-electron chi connectivity index (χ2n) is 8.25. The first kappa shape index (κ1) is 23.2. The first-order valence-corrected chi connectivity index (χ1v) is 12.1. The topological polar surface area (TPSA) is 91.0 Å². The van der Waals surface area contributed by atoms with Crippen LogP contribution in [0.5, 0.6) is 5.75 Å². The maximum Gasteiger partial charge on any atom is 0.321 e. The molecule has 170 valence electrons. The minimum atomic E-state index is -0.452. The molecule has 8 nitrogen and oxygen atoms in total. The van der Waals surface area contributed by atoms with Crippen molar-refractivity contribution in [1.29, 1.82) is 0 Å². The Bertz CT molecular complexity index is 783. The molecule has 31 heavy (non-hydrogen) atoms. The number of amides is 4. The molecular weight excluding hydrogens is 416 g/mol. The highest BCUT2D eigenvalue weighted by molar-refractivity contribution is 7.98. The molecule has 2 aliphatic rings. The second-order valence-corrected chi connectivity index (χ2v) is 9.23. The van der Waals surface area contributed by atoms with Crippen molar-refractivity contribution in [3.8, 4) is 5.75 Å². The molecule has 4 amide bonds. The fourth-order valence-electron chi connectivity index (χ4n) is 4.47. The van der Waals surface area contributed by atoms with E-state index in [0.29, 0.717) is 50.4 Å². The van der Waals surface area contributed by atoms with E-state index in [4.69, 9.17) is 4.74 Å². The molecule has 2 aliphatic heterocycles. The quantitative estimate of drug-likeness (QED) is 0.596. The number of methoxy groups -OCH3 is 1. The van der Waals surface area contributed by atoms with Crippen LogP contribution in [0, 0.1) is 5.41 Å². The Morgan fingerprint density at radius 2 is 1.87 bits per heavy atom. The van der Waals surface area contributed by atoms with Crippen LogP contribution in [-0.4, -0.2) is 79.5 Å². The number of hydrogen-bond acceptors (Lipinski definition) is 5. The number of carbonyl (C=O) groups is 3. The molecular formula is C22H32N4O4S. The maximum absolute atomic E-state index is 12.9. The van der Waals surface area contributed by atoms with E-state index >= 15 is 0 Å². The van der Waals surface area contributed by atoms with Gasteiger partial charge in [0.05, 0.1) is 12.8 Å². The smallest absolute Gasteiger partial charge is 0.321 e. The zero-order valence-electron chi connectivity index (χ0n) is 18.3. The lowest BCUT2D eigenvalue weighted by Crippen LogP contribution is -2.48. The summed E-state index contributed by atoms with van der Waals surface area (Å²) < 4.78 is 5.31. The van der Waals surface area contributed by atoms with Gasteiger partial charge in [0.1, 0.15) is 11.8 Å². The predicted molar refractivity (Wildman–Crippen MR) is 122 cm³/mol. The Morgan fingerprint density at radius 3 is 2.52 bits per heavy atom. The molecule has 9 heteroatoms. The molecule has 1 aromatic carbocycles. The number of nitrogens with zero attached hydrogens (tertiary/aromatic N) is 2. The molecule has 1 atom stereocenters. The standard InChI is InChI=1S/C22H32N4O4S/c1-30-19-6-4-3-5-17(19)24-21(29)25-11-8-22(9-12-25)10-13-26(15-22)20(28)18(23-16-27)7-14-31-2/h3-6,16,18H,7-15H2,1-2H3,(H,23,27)(H,24,29). The van der Waals surface area contributed by atoms with Gasteiger partial charge in [-0.1, -0.05) is 12.1 Å². The highest BCUT2D eigenvalue weighted by Crippen LogP contribution is 2.40. The van der Waals surface area contributed by atoms with Crippen molar-refractivity contribution in [1.82, 2.24) is 15.1 Å². The molecule has 0 aliphatic carbocycles. The van der Waals surface area contributed by atoms with Gasteiger partial charge < -0.3 is 25.2 Å². The summed E-state index contributed by atoms with van der Waals surface area (Å²) >= 11 is 1.67. The molecule has 2 N–H and O–H groups in total. The van der Waals surface area contributed by atoms with Gasteiger partial charge in [0, 0.05) is 26.2 Å². The van der Waals surface area contributed by atoms with Gasteiger partial charge in [-0.05, 0) is 55.2 Å². The number of nitrogens with one attached hydrogen (secondary N) is 2. The third-order valence-electron chi connectivity index (χ3n) is 6.39. The Balaban J connectivity index is 1.53. The summed E-state index contributed by atoms with van der Waals surface area (Å²) in [5.74, 6) is 1.47. The third-order valence-corrected chi connectivity index (χ3v) is 7.03. The van der Waals surface area contributed by atoms with E-state index in [0.717, 1.165) is 25.0 Å². The first-order chi connectivity index (χ1) is 15.0. The summed E-state index contributed by atoms with van der Waals surface area (Å²) in [5.41, 5.74) is 0.717. The van der Waals surface area contributed by atoms with E-state index in [2.05, 4.69) is 10.6 Å². The van der Waals surface area contributed by atoms with Crippen LogP contribution >= 0.6 is 11.8 Å². The van der Waals surface area contributed by atoms with E-state index in [-0.39, 0.29) is 17.4 Å². The highest BCUT2D eigenvalue weighted by atomic mass is 32.2. The molecule has 2 heterocycles. The SMILES string of the molecule is COc1ccccc1NC(=O)N1CCC2(CC1)CCN(C(=O)C(CCSC)NC=O)C2. The number of hydrogen-bond donors (Lipinski definition) is 2. The third kappa shape index (κ3) is 5.64. The summed E-state index contributed by atoms with van der Waals surface area (Å²) in [5, 5.41) is 5.62. The number of likely N-dealkylation sites (tertiary alicyclic amines) is 2. The van der Waals surface area contributed by atoms with Crippen molar-refractivity contribution in [3.05, 3.63) is 24.3 Å². The molecule has 2 saturated heterocycles. The Labute approximate surface area is 188 Å². The number of anilines is 1. The molecule has 0 radical (unpaired) electrons. The van der Waals surface area contributed by atoms with Crippen LogP contribution in [0.2, 0.25) is 0 Å². The lowest BCUT2D eigenvalue weighted by Gasteiger charge is -2.39. The van der Waals surface area contributed by atoms with Crippen LogP contribution in [0.3, 0.4) is 0 Å². The first-order valence-electron chi connectivity index (χ1n) is 10.7. The molecule has 1 aromatic rings. The fraction of sp³-hybridized carbons (Fsp3) is 0.591. The van der Waals surface area contributed by atoms with Gasteiger partial charge in [-0.15, -0.1) is 0 Å². The van der Waals surface area contributed by atoms with Gasteiger partial charge in [0.2, 0.25) is 12.3 Å². The lowest BCUT2D eigenvalue weighted by molar-refractivity contribution is -0.134. The molecule has 0 saturated carbocycles. The van der Waals surface area contributed by atoms with Crippen molar-refractivity contribution in [2.75, 3.05) is 50.6 Å². The molecule has 3 rings (SSSR count). The summed E-state index contributed by atoms with van der Waals surface area (Å²) in [7, 11) is 1.58. The van der Waals surface area contributed by atoms with Crippen LogP contribution in [0.1, 0.15) is 25.7 Å². The number of carbonyl (C=O) groups excluding carboxylic acids is 3. The van der Waals surface area contributed by atoms with Gasteiger partial charge in [-0.3, -0.25) is 9.59 Å². The average molecular weight is 449 g/mol. The van der Waals surface area contributed by atoms with Gasteiger partial charge in [-0.2, -0.15) is 11.8 Å². The highest BCUT2D eigenvalue weighted by Gasteiger charge is 2.43. The molecule has 0 aromatic heterocycles. The number of benzene rings is 1. The van der Waals surface area contributed by atoms with Crippen LogP contribution in [0.25, 0.3) is 0 Å².